The van der Waals surface area contributed by atoms with E-state index in [4.69, 9.17) is 11.6 Å². The Hall–Kier alpha value is -2.21. The Balaban J connectivity index is 1.92. The number of allylic oxidation sites excluding steroid dienone is 2. The molecule has 5 nitrogen and oxygen atoms in total. The van der Waals surface area contributed by atoms with Crippen LogP contribution in [0.1, 0.15) is 26.2 Å². The van der Waals surface area contributed by atoms with Crippen LogP contribution in [0.25, 0.3) is 16.7 Å². The molecule has 1 aliphatic rings. The molecule has 7 heteroatoms. The Morgan fingerprint density at radius 1 is 1.38 bits per heavy atom. The lowest BCUT2D eigenvalue weighted by molar-refractivity contribution is 0.231. The predicted molar refractivity (Wildman–Crippen MR) is 90.8 cm³/mol. The maximum absolute atomic E-state index is 13.6. The van der Waals surface area contributed by atoms with E-state index in [-0.39, 0.29) is 21.9 Å². The summed E-state index contributed by atoms with van der Waals surface area (Å²) in [5.74, 6) is -0.433. The summed E-state index contributed by atoms with van der Waals surface area (Å²) in [6.07, 6.45) is 7.18. The van der Waals surface area contributed by atoms with Crippen LogP contribution in [0.2, 0.25) is 5.15 Å². The molecule has 0 fully saturated rings. The molecule has 0 saturated carbocycles. The average Bonchev–Trinajstić information content (AvgIpc) is 2.86. The van der Waals surface area contributed by atoms with Crippen molar-refractivity contribution in [2.75, 3.05) is 0 Å². The van der Waals surface area contributed by atoms with Gasteiger partial charge in [0.05, 0.1) is 17.6 Å². The average molecular weight is 347 g/mol. The van der Waals surface area contributed by atoms with E-state index in [1.165, 1.54) is 27.3 Å². The van der Waals surface area contributed by atoms with Crippen molar-refractivity contribution in [2.24, 2.45) is 5.41 Å². The van der Waals surface area contributed by atoms with Crippen molar-refractivity contribution in [3.8, 4) is 0 Å². The third kappa shape index (κ3) is 2.41. The molecule has 1 aromatic carbocycles. The topological polar surface area (TPSA) is 52.2 Å². The van der Waals surface area contributed by atoms with Gasteiger partial charge in [0, 0.05) is 6.07 Å². The molecule has 1 unspecified atom stereocenters. The molecule has 0 N–H and O–H groups in total. The zero-order chi connectivity index (χ0) is 16.9. The Morgan fingerprint density at radius 2 is 2.21 bits per heavy atom. The van der Waals surface area contributed by atoms with E-state index in [2.05, 4.69) is 29.2 Å². The first-order valence-corrected chi connectivity index (χ1v) is 8.24. The molecule has 0 spiro atoms. The number of halogens is 2. The number of hydrogen-bond donors (Lipinski definition) is 0. The third-order valence-electron chi connectivity index (χ3n) is 4.64. The van der Waals surface area contributed by atoms with E-state index in [9.17, 15) is 9.18 Å². The third-order valence-corrected chi connectivity index (χ3v) is 4.90. The fourth-order valence-corrected chi connectivity index (χ4v) is 3.53. The van der Waals surface area contributed by atoms with E-state index in [1.54, 1.807) is 0 Å². The molecule has 2 heterocycles. The van der Waals surface area contributed by atoms with Crippen molar-refractivity contribution in [1.82, 2.24) is 19.2 Å². The van der Waals surface area contributed by atoms with Gasteiger partial charge in [-0.25, -0.2) is 23.3 Å². The Kier molecular flexibility index (Phi) is 3.46. The molecule has 3 aromatic rings. The van der Waals surface area contributed by atoms with Crippen LogP contribution < -0.4 is 5.69 Å². The summed E-state index contributed by atoms with van der Waals surface area (Å²) in [6, 6.07) is 4.08. The maximum Gasteiger partial charge on any atom is 0.351 e. The minimum atomic E-state index is -0.433. The van der Waals surface area contributed by atoms with Crippen LogP contribution >= 0.6 is 11.6 Å². The zero-order valence-electron chi connectivity index (χ0n) is 13.2. The number of rotatable bonds is 2. The first-order valence-electron chi connectivity index (χ1n) is 7.86. The van der Waals surface area contributed by atoms with Gasteiger partial charge in [0.2, 0.25) is 0 Å². The first kappa shape index (κ1) is 15.3. The van der Waals surface area contributed by atoms with Gasteiger partial charge < -0.3 is 0 Å². The minimum absolute atomic E-state index is 0.0303. The van der Waals surface area contributed by atoms with Crippen molar-refractivity contribution in [1.29, 1.82) is 0 Å². The van der Waals surface area contributed by atoms with Crippen LogP contribution in [0.5, 0.6) is 0 Å². The van der Waals surface area contributed by atoms with Crippen LogP contribution in [0, 0.1) is 11.2 Å². The number of fused-ring (bicyclic) bond motifs is 3. The van der Waals surface area contributed by atoms with Gasteiger partial charge in [0.15, 0.2) is 10.8 Å². The highest BCUT2D eigenvalue weighted by Gasteiger charge is 2.27. The lowest BCUT2D eigenvalue weighted by Crippen LogP contribution is -2.31. The van der Waals surface area contributed by atoms with Crippen molar-refractivity contribution in [3.63, 3.8) is 0 Å². The maximum atomic E-state index is 13.6. The summed E-state index contributed by atoms with van der Waals surface area (Å²) in [4.78, 5) is 17.1. The van der Waals surface area contributed by atoms with Gasteiger partial charge in [-0.2, -0.15) is 0 Å². The summed E-state index contributed by atoms with van der Waals surface area (Å²) in [6.45, 7) is 2.63. The largest absolute Gasteiger partial charge is 0.351 e. The molecule has 2 aromatic heterocycles. The van der Waals surface area contributed by atoms with Gasteiger partial charge in [0.1, 0.15) is 5.82 Å². The van der Waals surface area contributed by atoms with Crippen LogP contribution in [-0.4, -0.2) is 19.2 Å². The predicted octanol–water partition coefficient (Wildman–Crippen LogP) is 3.58. The number of nitrogens with zero attached hydrogens (tertiary/aromatic N) is 4. The Morgan fingerprint density at radius 3 is 2.96 bits per heavy atom. The van der Waals surface area contributed by atoms with E-state index < -0.39 is 5.82 Å². The standard InChI is InChI=1S/C17H16ClFN4O/c1-17(7-3-2-4-8-17)10-22-16(24)23-13-9-11(19)5-6-12(13)20-14(18)15(23)21-22/h2-3,5-6,9H,4,7-8,10H2,1H3. The Labute approximate surface area is 142 Å². The van der Waals surface area contributed by atoms with Crippen molar-refractivity contribution >= 4 is 28.3 Å². The summed E-state index contributed by atoms with van der Waals surface area (Å²) in [5, 5.41) is 4.49. The second-order valence-electron chi connectivity index (χ2n) is 6.66. The SMILES string of the molecule is CC1(Cn2nc3c(Cl)nc4ccc(F)cc4n3c2=O)CC=CCC1. The second-order valence-corrected chi connectivity index (χ2v) is 7.02. The van der Waals surface area contributed by atoms with Gasteiger partial charge in [0.25, 0.3) is 0 Å². The van der Waals surface area contributed by atoms with Gasteiger partial charge in [-0.15, -0.1) is 5.10 Å². The Bertz CT molecular complexity index is 1040. The summed E-state index contributed by atoms with van der Waals surface area (Å²) in [7, 11) is 0. The molecule has 24 heavy (non-hydrogen) atoms. The number of hydrogen-bond acceptors (Lipinski definition) is 3. The van der Waals surface area contributed by atoms with Gasteiger partial charge in [-0.1, -0.05) is 30.7 Å². The second kappa shape index (κ2) is 5.41. The van der Waals surface area contributed by atoms with Gasteiger partial charge in [-0.05, 0) is 36.8 Å². The normalized spacial score (nSPS) is 21.0. The van der Waals surface area contributed by atoms with Crippen molar-refractivity contribution in [3.05, 3.63) is 51.8 Å². The summed E-state index contributed by atoms with van der Waals surface area (Å²) >= 11 is 6.19. The van der Waals surface area contributed by atoms with Gasteiger partial charge >= 0.3 is 5.69 Å². The summed E-state index contributed by atoms with van der Waals surface area (Å²) < 4.78 is 16.4. The number of aromatic nitrogens is 4. The van der Waals surface area contributed by atoms with Crippen LogP contribution in [0.3, 0.4) is 0 Å². The highest BCUT2D eigenvalue weighted by atomic mass is 35.5. The van der Waals surface area contributed by atoms with Gasteiger partial charge in [-0.3, -0.25) is 0 Å². The van der Waals surface area contributed by atoms with E-state index >= 15 is 0 Å². The lowest BCUT2D eigenvalue weighted by Gasteiger charge is -2.29. The molecule has 0 bridgehead atoms. The number of benzene rings is 1. The molecule has 0 aliphatic heterocycles. The molecule has 0 amide bonds. The lowest BCUT2D eigenvalue weighted by atomic mass is 9.79. The molecular formula is C17H16ClFN4O. The fourth-order valence-electron chi connectivity index (χ4n) is 3.31. The monoisotopic (exact) mass is 346 g/mol. The quantitative estimate of drug-likeness (QED) is 0.666. The molecule has 4 rings (SSSR count). The summed E-state index contributed by atoms with van der Waals surface area (Å²) in [5.41, 5.74) is 0.745. The molecule has 1 aliphatic carbocycles. The highest BCUT2D eigenvalue weighted by molar-refractivity contribution is 6.32. The van der Waals surface area contributed by atoms with E-state index in [0.29, 0.717) is 17.6 Å². The van der Waals surface area contributed by atoms with Crippen LogP contribution in [0.4, 0.5) is 4.39 Å². The van der Waals surface area contributed by atoms with Crippen LogP contribution in [0.15, 0.2) is 35.1 Å². The zero-order valence-corrected chi connectivity index (χ0v) is 13.9. The van der Waals surface area contributed by atoms with E-state index in [1.807, 2.05) is 0 Å². The minimum Gasteiger partial charge on any atom is -0.246 e. The molecule has 1 atom stereocenters. The van der Waals surface area contributed by atoms with Crippen LogP contribution in [-0.2, 0) is 6.54 Å². The smallest absolute Gasteiger partial charge is 0.246 e. The first-order chi connectivity index (χ1) is 11.5. The molecule has 0 saturated heterocycles. The molecular weight excluding hydrogens is 331 g/mol. The van der Waals surface area contributed by atoms with Crippen molar-refractivity contribution < 1.29 is 4.39 Å². The van der Waals surface area contributed by atoms with Crippen molar-refractivity contribution in [2.45, 2.75) is 32.7 Å². The molecule has 124 valence electrons. The molecule has 0 radical (unpaired) electrons. The van der Waals surface area contributed by atoms with E-state index in [0.717, 1.165) is 19.3 Å². The fraction of sp³-hybridized carbons (Fsp3) is 0.353. The highest BCUT2D eigenvalue weighted by Crippen LogP contribution is 2.33.